The first kappa shape index (κ1) is 58.0. The molecule has 8 nitrogen and oxygen atoms in total. The maximum Gasteiger partial charge on any atom is 0.362 e. The van der Waals surface area contributed by atoms with Crippen molar-refractivity contribution in [2.45, 2.75) is 174 Å². The summed E-state index contributed by atoms with van der Waals surface area (Å²) in [6.45, 7) is 4.49. The minimum absolute atomic E-state index is 0.0338. The largest absolute Gasteiger partial charge is 0.477 e. The highest BCUT2D eigenvalue weighted by molar-refractivity contribution is 5.72. The summed E-state index contributed by atoms with van der Waals surface area (Å²) in [6, 6.07) is -0.631. The SMILES string of the molecule is CC/C=C/C=C/C=C/C=C/C=C/C=C/C=C/CCCCCC(=O)OC(COCCC(C(=O)O)[N+](C)(C)C)COC(=O)CCCCCCCCCCCC/C=C/C=C/CCCCC. The molecule has 2 unspecified atom stereocenters. The molecule has 350 valence electrons. The van der Waals surface area contributed by atoms with Crippen molar-refractivity contribution in [2.75, 3.05) is 41.0 Å². The lowest BCUT2D eigenvalue weighted by atomic mass is 10.1. The smallest absolute Gasteiger partial charge is 0.362 e. The fourth-order valence-corrected chi connectivity index (χ4v) is 6.42. The van der Waals surface area contributed by atoms with Gasteiger partial charge in [-0.1, -0.05) is 194 Å². The summed E-state index contributed by atoms with van der Waals surface area (Å²) >= 11 is 0. The Bertz CT molecular complexity index is 1370. The van der Waals surface area contributed by atoms with E-state index in [-0.39, 0.29) is 42.7 Å². The Kier molecular flexibility index (Phi) is 40.8. The van der Waals surface area contributed by atoms with Crippen LogP contribution >= 0.6 is 0 Å². The van der Waals surface area contributed by atoms with Gasteiger partial charge in [-0.05, 0) is 57.8 Å². The Morgan fingerprint density at radius 2 is 0.903 bits per heavy atom. The van der Waals surface area contributed by atoms with Crippen LogP contribution < -0.4 is 0 Å². The van der Waals surface area contributed by atoms with E-state index in [2.05, 4.69) is 50.3 Å². The average molecular weight is 863 g/mol. The van der Waals surface area contributed by atoms with Crippen molar-refractivity contribution in [3.63, 3.8) is 0 Å². The van der Waals surface area contributed by atoms with E-state index < -0.39 is 18.1 Å². The molecular weight excluding hydrogens is 775 g/mol. The highest BCUT2D eigenvalue weighted by Gasteiger charge is 2.31. The molecule has 0 rings (SSSR count). The van der Waals surface area contributed by atoms with Gasteiger partial charge in [-0.3, -0.25) is 9.59 Å². The van der Waals surface area contributed by atoms with Crippen molar-refractivity contribution in [3.05, 3.63) is 109 Å². The molecule has 0 aromatic carbocycles. The summed E-state index contributed by atoms with van der Waals surface area (Å²) in [6.07, 6.45) is 59.8. The Morgan fingerprint density at radius 1 is 0.500 bits per heavy atom. The normalized spacial score (nSPS) is 13.9. The van der Waals surface area contributed by atoms with Crippen LogP contribution in [0.4, 0.5) is 0 Å². The zero-order chi connectivity index (χ0) is 45.6. The van der Waals surface area contributed by atoms with Crippen LogP contribution in [0.2, 0.25) is 0 Å². The molecule has 8 heteroatoms. The summed E-state index contributed by atoms with van der Waals surface area (Å²) in [5, 5.41) is 9.64. The quantitative estimate of drug-likeness (QED) is 0.0283. The van der Waals surface area contributed by atoms with Gasteiger partial charge in [0, 0.05) is 19.3 Å². The number of unbranched alkanes of at least 4 members (excludes halogenated alkanes) is 16. The lowest BCUT2D eigenvalue weighted by Gasteiger charge is -2.31. The number of esters is 2. The molecule has 0 aliphatic rings. The van der Waals surface area contributed by atoms with Crippen molar-refractivity contribution >= 4 is 17.9 Å². The van der Waals surface area contributed by atoms with Crippen molar-refractivity contribution in [1.82, 2.24) is 0 Å². The number of carbonyl (C=O) groups excluding carboxylic acids is 2. The fourth-order valence-electron chi connectivity index (χ4n) is 6.42. The number of likely N-dealkylation sites (N-methyl/N-ethyl adjacent to an activating group) is 1. The van der Waals surface area contributed by atoms with Crippen molar-refractivity contribution in [2.24, 2.45) is 0 Å². The van der Waals surface area contributed by atoms with Gasteiger partial charge in [0.1, 0.15) is 6.61 Å². The van der Waals surface area contributed by atoms with E-state index in [9.17, 15) is 19.5 Å². The number of carboxylic acids is 1. The van der Waals surface area contributed by atoms with Gasteiger partial charge >= 0.3 is 17.9 Å². The molecule has 0 aromatic heterocycles. The number of hydrogen-bond acceptors (Lipinski definition) is 6. The van der Waals surface area contributed by atoms with Crippen LogP contribution in [0.1, 0.15) is 162 Å². The maximum atomic E-state index is 12.8. The zero-order valence-electron chi connectivity index (χ0n) is 39.8. The van der Waals surface area contributed by atoms with Gasteiger partial charge < -0.3 is 23.8 Å². The second kappa shape index (κ2) is 43.6. The van der Waals surface area contributed by atoms with Crippen molar-refractivity contribution < 1.29 is 38.2 Å². The van der Waals surface area contributed by atoms with E-state index in [1.807, 2.05) is 94.1 Å². The van der Waals surface area contributed by atoms with Crippen LogP contribution in [0.5, 0.6) is 0 Å². The molecule has 1 N–H and O–H groups in total. The standard InChI is InChI=1S/C54H87NO7/c1-6-8-10-12-14-16-18-20-22-24-26-28-30-32-34-36-38-40-42-44-52(56)61-49-50(48-60-47-46-51(54(58)59)55(3,4)5)62-53(57)45-43-41-39-37-35-33-31-29-27-25-23-21-19-17-15-13-11-9-7-2/h9,11,13-21,23,25,27,29,31,33,35,50-51H,6-8,10,12,22,24,26,28,30,32,34,36-49H2,1-5H3/p+1/b11-9+,15-13+,16-14+,19-17+,20-18+,23-21+,27-25+,31-29+,35-33+. The second-order valence-corrected chi connectivity index (χ2v) is 16.8. The number of carboxylic acid groups (broad SMARTS) is 1. The Labute approximate surface area is 378 Å². The van der Waals surface area contributed by atoms with Gasteiger partial charge in [0.05, 0.1) is 34.4 Å². The molecule has 2 atom stereocenters. The Morgan fingerprint density at radius 3 is 1.37 bits per heavy atom. The lowest BCUT2D eigenvalue weighted by molar-refractivity contribution is -0.887. The predicted octanol–water partition coefficient (Wildman–Crippen LogP) is 13.6. The summed E-state index contributed by atoms with van der Waals surface area (Å²) in [5.74, 6) is -1.54. The molecular formula is C54H88NO7+. The Balaban J connectivity index is 4.42. The highest BCUT2D eigenvalue weighted by atomic mass is 16.6. The Hall–Kier alpha value is -4.01. The van der Waals surface area contributed by atoms with E-state index in [4.69, 9.17) is 14.2 Å². The third-order valence-electron chi connectivity index (χ3n) is 10.1. The van der Waals surface area contributed by atoms with E-state index >= 15 is 0 Å². The number of allylic oxidation sites excluding steroid dienone is 18. The predicted molar refractivity (Wildman–Crippen MR) is 261 cm³/mol. The number of hydrogen-bond donors (Lipinski definition) is 1. The first-order chi connectivity index (χ1) is 30.1. The van der Waals surface area contributed by atoms with Crippen LogP contribution in [0.15, 0.2) is 109 Å². The van der Waals surface area contributed by atoms with Crippen molar-refractivity contribution in [1.29, 1.82) is 0 Å². The number of aliphatic carboxylic acids is 1. The maximum absolute atomic E-state index is 12.8. The minimum atomic E-state index is -0.888. The van der Waals surface area contributed by atoms with Gasteiger partial charge in [-0.15, -0.1) is 0 Å². The molecule has 0 fully saturated rings. The van der Waals surface area contributed by atoms with Gasteiger partial charge in [-0.2, -0.15) is 0 Å². The minimum Gasteiger partial charge on any atom is -0.477 e. The topological polar surface area (TPSA) is 99.1 Å². The molecule has 62 heavy (non-hydrogen) atoms. The molecule has 0 aliphatic heterocycles. The molecule has 0 radical (unpaired) electrons. The molecule has 0 amide bonds. The van der Waals surface area contributed by atoms with E-state index in [1.54, 1.807) is 0 Å². The zero-order valence-corrected chi connectivity index (χ0v) is 39.8. The molecule has 0 aliphatic carbocycles. The van der Waals surface area contributed by atoms with Crippen LogP contribution in [0.25, 0.3) is 0 Å². The number of rotatable bonds is 41. The van der Waals surface area contributed by atoms with Crippen LogP contribution in [0, 0.1) is 0 Å². The number of ether oxygens (including phenoxy) is 3. The van der Waals surface area contributed by atoms with E-state index in [1.165, 1.54) is 77.0 Å². The summed E-state index contributed by atoms with van der Waals surface area (Å²) in [7, 11) is 5.50. The first-order valence-electron chi connectivity index (χ1n) is 24.0. The molecule has 0 spiro atoms. The van der Waals surface area contributed by atoms with Gasteiger partial charge in [0.15, 0.2) is 12.1 Å². The van der Waals surface area contributed by atoms with Crippen LogP contribution in [-0.4, -0.2) is 80.6 Å². The summed E-state index contributed by atoms with van der Waals surface area (Å²) in [4.78, 5) is 37.1. The molecule has 0 aromatic rings. The van der Waals surface area contributed by atoms with Crippen molar-refractivity contribution in [3.8, 4) is 0 Å². The third-order valence-corrected chi connectivity index (χ3v) is 10.1. The molecule has 0 saturated heterocycles. The molecule has 0 heterocycles. The third kappa shape index (κ3) is 41.3. The number of carbonyl (C=O) groups is 3. The monoisotopic (exact) mass is 863 g/mol. The molecule has 0 saturated carbocycles. The highest BCUT2D eigenvalue weighted by Crippen LogP contribution is 2.14. The number of quaternary nitrogens is 1. The van der Waals surface area contributed by atoms with Gasteiger partial charge in [0.25, 0.3) is 0 Å². The van der Waals surface area contributed by atoms with Crippen LogP contribution in [-0.2, 0) is 28.6 Å². The molecule has 0 bridgehead atoms. The van der Waals surface area contributed by atoms with Crippen LogP contribution in [0.3, 0.4) is 0 Å². The van der Waals surface area contributed by atoms with Gasteiger partial charge in [-0.25, -0.2) is 4.79 Å². The van der Waals surface area contributed by atoms with E-state index in [0.717, 1.165) is 44.9 Å². The fraction of sp³-hybridized carbons (Fsp3) is 0.611. The number of nitrogens with zero attached hydrogens (tertiary/aromatic N) is 1. The summed E-state index contributed by atoms with van der Waals surface area (Å²) < 4.78 is 17.3. The van der Waals surface area contributed by atoms with Gasteiger partial charge in [0.2, 0.25) is 0 Å². The first-order valence-corrected chi connectivity index (χ1v) is 24.0. The summed E-state index contributed by atoms with van der Waals surface area (Å²) in [5.41, 5.74) is 0. The second-order valence-electron chi connectivity index (χ2n) is 16.8. The lowest BCUT2D eigenvalue weighted by Crippen LogP contribution is -2.50. The average Bonchev–Trinajstić information content (AvgIpc) is 3.23. The van der Waals surface area contributed by atoms with E-state index in [0.29, 0.717) is 19.3 Å².